The Morgan fingerprint density at radius 1 is 1.22 bits per heavy atom. The van der Waals surface area contributed by atoms with E-state index in [1.165, 1.54) is 9.80 Å². The summed E-state index contributed by atoms with van der Waals surface area (Å²) in [6.07, 6.45) is -0.716. The average Bonchev–Trinajstić information content (AvgIpc) is 2.33. The predicted octanol–water partition coefficient (Wildman–Crippen LogP) is -0.537. The smallest absolute Gasteiger partial charge is 0.312 e. The summed E-state index contributed by atoms with van der Waals surface area (Å²) in [5, 5.41) is 9.73. The third kappa shape index (κ3) is 3.96. The highest BCUT2D eigenvalue weighted by atomic mass is 16.5. The number of amides is 2. The van der Waals surface area contributed by atoms with Gasteiger partial charge in [0, 0.05) is 26.2 Å². The van der Waals surface area contributed by atoms with Crippen LogP contribution in [0.4, 0.5) is 0 Å². The third-order valence-electron chi connectivity index (χ3n) is 2.83. The number of piperazine rings is 1. The van der Waals surface area contributed by atoms with Gasteiger partial charge in [0.2, 0.25) is 0 Å². The summed E-state index contributed by atoms with van der Waals surface area (Å²) >= 11 is 0. The first-order valence-electron chi connectivity index (χ1n) is 6.33. The van der Waals surface area contributed by atoms with E-state index in [1.54, 1.807) is 0 Å². The highest BCUT2D eigenvalue weighted by Gasteiger charge is 2.32. The molecule has 2 amide bonds. The second kappa shape index (κ2) is 6.70. The third-order valence-corrected chi connectivity index (χ3v) is 2.83. The van der Waals surface area contributed by atoms with E-state index < -0.39 is 17.9 Å². The van der Waals surface area contributed by atoms with Crippen LogP contribution in [0, 0.1) is 0 Å². The minimum absolute atomic E-state index is 0.0360. The SMILES string of the molecule is CCN1CCN(CC(O)COC(C)C)C(=O)C1=O. The van der Waals surface area contributed by atoms with Crippen molar-refractivity contribution < 1.29 is 19.4 Å². The summed E-state index contributed by atoms with van der Waals surface area (Å²) in [4.78, 5) is 26.3. The van der Waals surface area contributed by atoms with Crippen molar-refractivity contribution >= 4 is 11.8 Å². The van der Waals surface area contributed by atoms with E-state index in [4.69, 9.17) is 4.74 Å². The number of rotatable bonds is 6. The topological polar surface area (TPSA) is 70.1 Å². The van der Waals surface area contributed by atoms with Gasteiger partial charge in [-0.2, -0.15) is 0 Å². The molecule has 0 radical (unpaired) electrons. The normalized spacial score (nSPS) is 18.7. The van der Waals surface area contributed by atoms with Gasteiger partial charge in [-0.3, -0.25) is 9.59 Å². The van der Waals surface area contributed by atoms with Crippen LogP contribution in [-0.2, 0) is 14.3 Å². The lowest BCUT2D eigenvalue weighted by atomic mass is 10.2. The van der Waals surface area contributed by atoms with Crippen LogP contribution in [0.25, 0.3) is 0 Å². The molecular formula is C12H22N2O4. The highest BCUT2D eigenvalue weighted by molar-refractivity contribution is 6.35. The minimum Gasteiger partial charge on any atom is -0.389 e. The van der Waals surface area contributed by atoms with Crippen LogP contribution < -0.4 is 0 Å². The Hall–Kier alpha value is -1.14. The number of aliphatic hydroxyl groups excluding tert-OH is 1. The van der Waals surface area contributed by atoms with Crippen molar-refractivity contribution in [3.63, 3.8) is 0 Å². The Morgan fingerprint density at radius 2 is 1.78 bits per heavy atom. The predicted molar refractivity (Wildman–Crippen MR) is 65.9 cm³/mol. The zero-order valence-corrected chi connectivity index (χ0v) is 11.3. The minimum atomic E-state index is -0.752. The molecule has 1 aliphatic rings. The van der Waals surface area contributed by atoms with E-state index in [0.29, 0.717) is 19.6 Å². The summed E-state index contributed by atoms with van der Waals surface area (Å²) in [6.45, 7) is 7.45. The van der Waals surface area contributed by atoms with Gasteiger partial charge in [-0.15, -0.1) is 0 Å². The number of ether oxygens (including phenoxy) is 1. The monoisotopic (exact) mass is 258 g/mol. The highest BCUT2D eigenvalue weighted by Crippen LogP contribution is 2.06. The van der Waals surface area contributed by atoms with Gasteiger partial charge in [0.25, 0.3) is 0 Å². The Morgan fingerprint density at radius 3 is 2.33 bits per heavy atom. The Bertz CT molecular complexity index is 306. The van der Waals surface area contributed by atoms with Crippen LogP contribution in [0.5, 0.6) is 0 Å². The molecule has 0 aliphatic carbocycles. The van der Waals surface area contributed by atoms with Crippen molar-refractivity contribution in [3.8, 4) is 0 Å². The van der Waals surface area contributed by atoms with Crippen LogP contribution in [0.1, 0.15) is 20.8 Å². The lowest BCUT2D eigenvalue weighted by Gasteiger charge is -2.34. The molecule has 0 aromatic rings. The number of hydrogen-bond acceptors (Lipinski definition) is 4. The van der Waals surface area contributed by atoms with Crippen LogP contribution in [0.3, 0.4) is 0 Å². The number of likely N-dealkylation sites (N-methyl/N-ethyl adjacent to an activating group) is 1. The number of carbonyl (C=O) groups excluding carboxylic acids is 2. The van der Waals surface area contributed by atoms with E-state index in [-0.39, 0.29) is 19.3 Å². The number of β-amino-alcohol motifs (C(OH)–C–C–N with tert-alkyl or cyclic N) is 1. The molecule has 0 aromatic carbocycles. The van der Waals surface area contributed by atoms with Gasteiger partial charge in [0.05, 0.1) is 18.8 Å². The second-order valence-corrected chi connectivity index (χ2v) is 4.67. The largest absolute Gasteiger partial charge is 0.389 e. The van der Waals surface area contributed by atoms with Gasteiger partial charge in [-0.25, -0.2) is 0 Å². The fraction of sp³-hybridized carbons (Fsp3) is 0.833. The first-order chi connectivity index (χ1) is 8.45. The second-order valence-electron chi connectivity index (χ2n) is 4.67. The van der Waals surface area contributed by atoms with Gasteiger partial charge in [0.1, 0.15) is 0 Å². The van der Waals surface area contributed by atoms with Gasteiger partial charge in [-0.1, -0.05) is 0 Å². The first-order valence-corrected chi connectivity index (χ1v) is 6.33. The fourth-order valence-electron chi connectivity index (χ4n) is 1.80. The molecule has 1 heterocycles. The standard InChI is InChI=1S/C12H22N2O4/c1-4-13-5-6-14(12(17)11(13)16)7-10(15)8-18-9(2)3/h9-10,15H,4-8H2,1-3H3. The average molecular weight is 258 g/mol. The van der Waals surface area contributed by atoms with Crippen molar-refractivity contribution in [1.29, 1.82) is 0 Å². The van der Waals surface area contributed by atoms with Crippen molar-refractivity contribution in [3.05, 3.63) is 0 Å². The summed E-state index contributed by atoms with van der Waals surface area (Å²) < 4.78 is 5.27. The molecule has 6 heteroatoms. The zero-order valence-electron chi connectivity index (χ0n) is 11.3. The van der Waals surface area contributed by atoms with Crippen LogP contribution >= 0.6 is 0 Å². The molecule has 0 aromatic heterocycles. The van der Waals surface area contributed by atoms with Gasteiger partial charge in [0.15, 0.2) is 0 Å². The van der Waals surface area contributed by atoms with Crippen molar-refractivity contribution in [2.75, 3.05) is 32.8 Å². The van der Waals surface area contributed by atoms with Gasteiger partial charge < -0.3 is 19.6 Å². The number of carbonyl (C=O) groups is 2. The Balaban J connectivity index is 2.43. The summed E-state index contributed by atoms with van der Waals surface area (Å²) in [5.41, 5.74) is 0. The quantitative estimate of drug-likeness (QED) is 0.650. The van der Waals surface area contributed by atoms with E-state index in [9.17, 15) is 14.7 Å². The molecule has 1 rings (SSSR count). The van der Waals surface area contributed by atoms with E-state index in [0.717, 1.165) is 0 Å². The lowest BCUT2D eigenvalue weighted by molar-refractivity contribution is -0.157. The molecule has 6 nitrogen and oxygen atoms in total. The van der Waals surface area contributed by atoms with Gasteiger partial charge >= 0.3 is 11.8 Å². The molecule has 18 heavy (non-hydrogen) atoms. The molecular weight excluding hydrogens is 236 g/mol. The molecule has 1 aliphatic heterocycles. The van der Waals surface area contributed by atoms with Crippen LogP contribution in [-0.4, -0.2) is 71.7 Å². The fourth-order valence-corrected chi connectivity index (χ4v) is 1.80. The van der Waals surface area contributed by atoms with Crippen LogP contribution in [0.15, 0.2) is 0 Å². The molecule has 1 atom stereocenters. The maximum atomic E-state index is 11.8. The molecule has 0 saturated carbocycles. The Labute approximate surface area is 107 Å². The summed E-state index contributed by atoms with van der Waals surface area (Å²) in [6, 6.07) is 0. The molecule has 1 fully saturated rings. The molecule has 104 valence electrons. The lowest BCUT2D eigenvalue weighted by Crippen LogP contribution is -2.56. The van der Waals surface area contributed by atoms with Crippen molar-refractivity contribution in [2.45, 2.75) is 33.0 Å². The van der Waals surface area contributed by atoms with Crippen LogP contribution in [0.2, 0.25) is 0 Å². The maximum Gasteiger partial charge on any atom is 0.312 e. The molecule has 1 unspecified atom stereocenters. The summed E-state index contributed by atoms with van der Waals surface area (Å²) in [7, 11) is 0. The van der Waals surface area contributed by atoms with Gasteiger partial charge in [-0.05, 0) is 20.8 Å². The van der Waals surface area contributed by atoms with E-state index >= 15 is 0 Å². The maximum absolute atomic E-state index is 11.8. The van der Waals surface area contributed by atoms with E-state index in [2.05, 4.69) is 0 Å². The molecule has 0 bridgehead atoms. The number of nitrogens with zero attached hydrogens (tertiary/aromatic N) is 2. The molecule has 0 spiro atoms. The summed E-state index contributed by atoms with van der Waals surface area (Å²) in [5.74, 6) is -1.02. The zero-order chi connectivity index (χ0) is 13.7. The number of hydrogen-bond donors (Lipinski definition) is 1. The van der Waals surface area contributed by atoms with Crippen molar-refractivity contribution in [2.24, 2.45) is 0 Å². The Kier molecular flexibility index (Phi) is 5.55. The number of aliphatic hydroxyl groups is 1. The van der Waals surface area contributed by atoms with E-state index in [1.807, 2.05) is 20.8 Å². The first kappa shape index (κ1) is 14.9. The molecule has 1 saturated heterocycles. The van der Waals surface area contributed by atoms with Crippen molar-refractivity contribution in [1.82, 2.24) is 9.80 Å². The molecule has 1 N–H and O–H groups in total.